The van der Waals surface area contributed by atoms with Gasteiger partial charge in [-0.2, -0.15) is 5.26 Å². The lowest BCUT2D eigenvalue weighted by molar-refractivity contribution is -0.148. The zero-order chi connectivity index (χ0) is 20.0. The second-order valence-electron chi connectivity index (χ2n) is 7.35. The van der Waals surface area contributed by atoms with Gasteiger partial charge in [-0.05, 0) is 63.0 Å². The van der Waals surface area contributed by atoms with E-state index in [0.29, 0.717) is 23.6 Å². The number of aromatic amines is 1. The number of carbonyl (C=O) groups excluding carboxylic acids is 2. The number of rotatable bonds is 6. The van der Waals surface area contributed by atoms with Crippen LogP contribution >= 0.6 is 0 Å². The summed E-state index contributed by atoms with van der Waals surface area (Å²) in [6.07, 6.45) is 4.55. The highest BCUT2D eigenvalue weighted by Crippen LogP contribution is 2.23. The number of nitrogens with zero attached hydrogens (tertiary/aromatic N) is 1. The Bertz CT molecular complexity index is 799. The Morgan fingerprint density at radius 3 is 2.56 bits per heavy atom. The molecule has 1 heterocycles. The van der Waals surface area contributed by atoms with Crippen LogP contribution in [0.2, 0.25) is 0 Å². The highest BCUT2D eigenvalue weighted by atomic mass is 16.5. The molecule has 2 rings (SSSR count). The van der Waals surface area contributed by atoms with Gasteiger partial charge in [0, 0.05) is 18.2 Å². The van der Waals surface area contributed by atoms with Crippen LogP contribution in [0.5, 0.6) is 0 Å². The number of carbonyl (C=O) groups is 2. The van der Waals surface area contributed by atoms with Gasteiger partial charge in [0.15, 0.2) is 6.61 Å². The number of hydrogen-bond acceptors (Lipinski definition) is 5. The number of H-pyrrole nitrogens is 1. The number of hydrogen-bond donors (Lipinski definition) is 2. The van der Waals surface area contributed by atoms with Gasteiger partial charge in [0.05, 0.1) is 0 Å². The van der Waals surface area contributed by atoms with Gasteiger partial charge >= 0.3 is 5.97 Å². The van der Waals surface area contributed by atoms with Gasteiger partial charge < -0.3 is 15.0 Å². The van der Waals surface area contributed by atoms with E-state index in [-0.39, 0.29) is 30.5 Å². The lowest BCUT2D eigenvalue weighted by Crippen LogP contribution is -2.39. The molecular formula is C20H27N3O4. The van der Waals surface area contributed by atoms with Crippen molar-refractivity contribution in [3.63, 3.8) is 0 Å². The minimum atomic E-state index is -0.481. The zero-order valence-corrected chi connectivity index (χ0v) is 16.2. The predicted molar refractivity (Wildman–Crippen MR) is 100 cm³/mol. The molecule has 0 aromatic carbocycles. The molecule has 1 aromatic rings. The van der Waals surface area contributed by atoms with Crippen LogP contribution in [0.4, 0.5) is 0 Å². The molecule has 146 valence electrons. The minimum absolute atomic E-state index is 0.0603. The highest BCUT2D eigenvalue weighted by molar-refractivity contribution is 5.80. The summed E-state index contributed by atoms with van der Waals surface area (Å²) < 4.78 is 5.06. The van der Waals surface area contributed by atoms with Crippen molar-refractivity contribution < 1.29 is 14.3 Å². The Hall–Kier alpha value is -2.62. The lowest BCUT2D eigenvalue weighted by Gasteiger charge is -2.26. The van der Waals surface area contributed by atoms with Crippen molar-refractivity contribution in [3.8, 4) is 6.07 Å². The number of amides is 1. The maximum absolute atomic E-state index is 12.0. The van der Waals surface area contributed by atoms with E-state index < -0.39 is 11.5 Å². The molecule has 2 N–H and O–H groups in total. The van der Waals surface area contributed by atoms with Crippen LogP contribution in [0, 0.1) is 31.1 Å². The van der Waals surface area contributed by atoms with Crippen molar-refractivity contribution in [2.75, 3.05) is 6.61 Å². The third kappa shape index (κ3) is 5.68. The van der Waals surface area contributed by atoms with Crippen LogP contribution in [0.15, 0.2) is 4.79 Å². The number of esters is 1. The highest BCUT2D eigenvalue weighted by Gasteiger charge is 2.20. The molecule has 0 bridgehead atoms. The summed E-state index contributed by atoms with van der Waals surface area (Å²) in [5.41, 5.74) is 1.60. The fraction of sp³-hybridized carbons (Fsp3) is 0.600. The Balaban J connectivity index is 1.81. The smallest absolute Gasteiger partial charge is 0.306 e. The van der Waals surface area contributed by atoms with Crippen LogP contribution in [0.25, 0.3) is 0 Å². The Labute approximate surface area is 159 Å². The predicted octanol–water partition coefficient (Wildman–Crippen LogP) is 2.03. The molecule has 0 unspecified atom stereocenters. The van der Waals surface area contributed by atoms with Crippen LogP contribution in [0.1, 0.15) is 61.4 Å². The van der Waals surface area contributed by atoms with Crippen molar-refractivity contribution in [1.82, 2.24) is 10.3 Å². The molecule has 1 aliphatic carbocycles. The fourth-order valence-electron chi connectivity index (χ4n) is 3.54. The van der Waals surface area contributed by atoms with E-state index in [1.54, 1.807) is 13.8 Å². The first kappa shape index (κ1) is 20.7. The Kier molecular flexibility index (Phi) is 7.17. The van der Waals surface area contributed by atoms with Crippen molar-refractivity contribution >= 4 is 11.9 Å². The molecule has 1 fully saturated rings. The molecule has 0 atom stereocenters. The summed E-state index contributed by atoms with van der Waals surface area (Å²) in [6, 6.07) is 2.06. The second-order valence-corrected chi connectivity index (χ2v) is 7.35. The van der Waals surface area contributed by atoms with Gasteiger partial charge in [-0.3, -0.25) is 14.4 Å². The first-order chi connectivity index (χ1) is 12.8. The molecule has 0 spiro atoms. The topological polar surface area (TPSA) is 112 Å². The van der Waals surface area contributed by atoms with Crippen molar-refractivity contribution in [2.24, 2.45) is 5.92 Å². The number of ether oxygens (including phenoxy) is 1. The largest absolute Gasteiger partial charge is 0.456 e. The summed E-state index contributed by atoms with van der Waals surface area (Å²) in [7, 11) is 0. The average Bonchev–Trinajstić information content (AvgIpc) is 2.62. The molecule has 27 heavy (non-hydrogen) atoms. The summed E-state index contributed by atoms with van der Waals surface area (Å²) in [4.78, 5) is 38.3. The molecule has 1 aromatic heterocycles. The summed E-state index contributed by atoms with van der Waals surface area (Å²) in [5.74, 6) is -0.0469. The van der Waals surface area contributed by atoms with E-state index in [2.05, 4.69) is 17.2 Å². The minimum Gasteiger partial charge on any atom is -0.456 e. The van der Waals surface area contributed by atoms with Gasteiger partial charge in [0.1, 0.15) is 11.6 Å². The molecule has 0 radical (unpaired) electrons. The third-order valence-corrected chi connectivity index (χ3v) is 5.24. The number of nitriles is 1. The second kappa shape index (κ2) is 9.36. The van der Waals surface area contributed by atoms with Gasteiger partial charge in [0.2, 0.25) is 0 Å². The number of nitrogens with one attached hydrogen (secondary N) is 2. The van der Waals surface area contributed by atoms with E-state index in [9.17, 15) is 14.4 Å². The molecule has 1 amide bonds. The normalized spacial score (nSPS) is 19.2. The van der Waals surface area contributed by atoms with Crippen LogP contribution in [-0.4, -0.2) is 29.5 Å². The molecule has 0 saturated heterocycles. The Morgan fingerprint density at radius 2 is 1.93 bits per heavy atom. The first-order valence-electron chi connectivity index (χ1n) is 9.39. The molecule has 7 heteroatoms. The molecule has 1 aliphatic rings. The number of aromatic nitrogens is 1. The van der Waals surface area contributed by atoms with Crippen molar-refractivity contribution in [3.05, 3.63) is 32.7 Å². The van der Waals surface area contributed by atoms with Gasteiger partial charge in [-0.25, -0.2) is 0 Å². The maximum Gasteiger partial charge on any atom is 0.306 e. The summed E-state index contributed by atoms with van der Waals surface area (Å²) in [5, 5.41) is 12.0. The Morgan fingerprint density at radius 1 is 1.26 bits per heavy atom. The van der Waals surface area contributed by atoms with Crippen LogP contribution < -0.4 is 10.9 Å². The fourth-order valence-corrected chi connectivity index (χ4v) is 3.54. The van der Waals surface area contributed by atoms with E-state index in [0.717, 1.165) is 31.2 Å². The monoisotopic (exact) mass is 373 g/mol. The summed E-state index contributed by atoms with van der Waals surface area (Å²) >= 11 is 0. The third-order valence-electron chi connectivity index (χ3n) is 5.24. The maximum atomic E-state index is 12.0. The standard InChI is InChI=1S/C20H27N3O4/c1-12-4-6-15(7-5-12)23-18(24)11-27-19(25)9-8-16-13(2)17(10-21)20(26)22-14(16)3/h12,15H,4-9,11H2,1-3H3,(H,22,26)(H,23,24). The van der Waals surface area contributed by atoms with Gasteiger partial charge in [0.25, 0.3) is 11.5 Å². The molecule has 7 nitrogen and oxygen atoms in total. The SMILES string of the molecule is Cc1[nH]c(=O)c(C#N)c(C)c1CCC(=O)OCC(=O)NC1CCC(C)CC1. The van der Waals surface area contributed by atoms with E-state index in [1.165, 1.54) is 0 Å². The molecule has 0 aliphatic heterocycles. The van der Waals surface area contributed by atoms with Gasteiger partial charge in [-0.15, -0.1) is 0 Å². The van der Waals surface area contributed by atoms with Crippen molar-refractivity contribution in [1.29, 1.82) is 5.26 Å². The van der Waals surface area contributed by atoms with Crippen LogP contribution in [-0.2, 0) is 20.7 Å². The number of aryl methyl sites for hydroxylation is 1. The van der Waals surface area contributed by atoms with Gasteiger partial charge in [-0.1, -0.05) is 6.92 Å². The van der Waals surface area contributed by atoms with E-state index in [1.807, 2.05) is 6.07 Å². The quantitative estimate of drug-likeness (QED) is 0.741. The summed E-state index contributed by atoms with van der Waals surface area (Å²) in [6.45, 7) is 5.36. The van der Waals surface area contributed by atoms with Crippen molar-refractivity contribution in [2.45, 2.75) is 65.3 Å². The first-order valence-corrected chi connectivity index (χ1v) is 9.39. The number of pyridine rings is 1. The zero-order valence-electron chi connectivity index (χ0n) is 16.2. The average molecular weight is 373 g/mol. The van der Waals surface area contributed by atoms with E-state index >= 15 is 0 Å². The molecule has 1 saturated carbocycles. The van der Waals surface area contributed by atoms with Crippen LogP contribution in [0.3, 0.4) is 0 Å². The van der Waals surface area contributed by atoms with E-state index in [4.69, 9.17) is 10.00 Å². The lowest BCUT2D eigenvalue weighted by atomic mass is 9.87. The molecular weight excluding hydrogens is 346 g/mol.